The molecule has 1 aliphatic rings. The molecule has 0 N–H and O–H groups in total. The topological polar surface area (TPSA) is 66.2 Å². The Labute approximate surface area is 110 Å². The molecule has 6 nitrogen and oxygen atoms in total. The lowest BCUT2D eigenvalue weighted by Gasteiger charge is -2.08. The molecule has 0 bridgehead atoms. The third kappa shape index (κ3) is 1.85. The van der Waals surface area contributed by atoms with E-state index in [-0.39, 0.29) is 0 Å². The average molecular weight is 259 g/mol. The summed E-state index contributed by atoms with van der Waals surface area (Å²) in [5.74, 6) is 0.274. The van der Waals surface area contributed by atoms with Crippen LogP contribution in [0, 0.1) is 6.92 Å². The lowest BCUT2D eigenvalue weighted by molar-refractivity contribution is 0.0601. The fraction of sp³-hybridized carbons (Fsp3) is 0.308. The van der Waals surface area contributed by atoms with Crippen LogP contribution in [-0.4, -0.2) is 34.5 Å². The van der Waals surface area contributed by atoms with Crippen molar-refractivity contribution in [1.29, 1.82) is 0 Å². The van der Waals surface area contributed by atoms with Gasteiger partial charge in [-0.1, -0.05) is 0 Å². The largest absolute Gasteiger partial charge is 0.475 e. The summed E-state index contributed by atoms with van der Waals surface area (Å²) in [6.45, 7) is 3.20. The highest BCUT2D eigenvalue weighted by molar-refractivity contribution is 5.97. The number of aryl methyl sites for hydroxylation is 1. The Bertz CT molecular complexity index is 649. The molecule has 3 rings (SSSR count). The van der Waals surface area contributed by atoms with Crippen molar-refractivity contribution in [3.05, 3.63) is 29.7 Å². The summed E-state index contributed by atoms with van der Waals surface area (Å²) >= 11 is 0. The Morgan fingerprint density at radius 3 is 3.05 bits per heavy atom. The number of carbonyl (C=O) groups is 1. The zero-order chi connectivity index (χ0) is 13.4. The number of ether oxygens (including phenoxy) is 2. The molecule has 6 heteroatoms. The minimum atomic E-state index is -0.416. The minimum Gasteiger partial charge on any atom is -0.475 e. The first-order valence-corrected chi connectivity index (χ1v) is 5.94. The maximum atomic E-state index is 11.8. The molecule has 0 saturated heterocycles. The van der Waals surface area contributed by atoms with Gasteiger partial charge < -0.3 is 9.47 Å². The standard InChI is InChI=1S/C13H13N3O3/c1-8-5-9(11(6-14-8)13(17)18-2)10-7-15-16-3-4-19-12(10)16/h5-7H,3-4H2,1-2H3. The van der Waals surface area contributed by atoms with E-state index < -0.39 is 5.97 Å². The van der Waals surface area contributed by atoms with Gasteiger partial charge in [0.05, 0.1) is 31.0 Å². The number of hydrogen-bond acceptors (Lipinski definition) is 5. The fourth-order valence-electron chi connectivity index (χ4n) is 2.15. The van der Waals surface area contributed by atoms with E-state index in [0.717, 1.165) is 23.4 Å². The highest BCUT2D eigenvalue weighted by atomic mass is 16.5. The Morgan fingerprint density at radius 2 is 2.26 bits per heavy atom. The maximum absolute atomic E-state index is 11.8. The van der Waals surface area contributed by atoms with Gasteiger partial charge in [-0.3, -0.25) is 4.98 Å². The quantitative estimate of drug-likeness (QED) is 0.763. The van der Waals surface area contributed by atoms with Crippen molar-refractivity contribution >= 4 is 5.97 Å². The first-order valence-electron chi connectivity index (χ1n) is 5.94. The van der Waals surface area contributed by atoms with Crippen molar-refractivity contribution in [3.8, 4) is 17.0 Å². The number of esters is 1. The van der Waals surface area contributed by atoms with E-state index in [1.807, 2.05) is 13.0 Å². The van der Waals surface area contributed by atoms with Crippen LogP contribution in [0.2, 0.25) is 0 Å². The average Bonchev–Trinajstić information content (AvgIpc) is 3.00. The van der Waals surface area contributed by atoms with Gasteiger partial charge in [0.1, 0.15) is 6.61 Å². The summed E-state index contributed by atoms with van der Waals surface area (Å²) < 4.78 is 12.1. The van der Waals surface area contributed by atoms with E-state index in [1.165, 1.54) is 13.3 Å². The van der Waals surface area contributed by atoms with Crippen molar-refractivity contribution in [3.63, 3.8) is 0 Å². The van der Waals surface area contributed by atoms with Crippen molar-refractivity contribution < 1.29 is 14.3 Å². The highest BCUT2D eigenvalue weighted by Gasteiger charge is 2.23. The second kappa shape index (κ2) is 4.38. The predicted octanol–water partition coefficient (Wildman–Crippen LogP) is 1.43. The number of pyridine rings is 1. The van der Waals surface area contributed by atoms with Crippen LogP contribution >= 0.6 is 0 Å². The Balaban J connectivity index is 2.18. The van der Waals surface area contributed by atoms with Gasteiger partial charge in [-0.25, -0.2) is 9.48 Å². The molecule has 0 atom stereocenters. The van der Waals surface area contributed by atoms with E-state index in [1.54, 1.807) is 10.9 Å². The Kier molecular flexibility index (Phi) is 2.70. The van der Waals surface area contributed by atoms with E-state index in [2.05, 4.69) is 10.1 Å². The third-order valence-electron chi connectivity index (χ3n) is 3.07. The molecular weight excluding hydrogens is 246 g/mol. The van der Waals surface area contributed by atoms with Crippen molar-refractivity contribution in [1.82, 2.24) is 14.8 Å². The summed E-state index contributed by atoms with van der Waals surface area (Å²) in [4.78, 5) is 16.0. The molecule has 0 amide bonds. The molecule has 0 aromatic carbocycles. The van der Waals surface area contributed by atoms with E-state index in [9.17, 15) is 4.79 Å². The van der Waals surface area contributed by atoms with Crippen LogP contribution in [-0.2, 0) is 11.3 Å². The van der Waals surface area contributed by atoms with Crippen molar-refractivity contribution in [2.75, 3.05) is 13.7 Å². The number of rotatable bonds is 2. The summed E-state index contributed by atoms with van der Waals surface area (Å²) in [6.07, 6.45) is 3.23. The van der Waals surface area contributed by atoms with Gasteiger partial charge in [0.25, 0.3) is 0 Å². The van der Waals surface area contributed by atoms with Crippen LogP contribution in [0.4, 0.5) is 0 Å². The molecule has 1 aliphatic heterocycles. The monoisotopic (exact) mass is 259 g/mol. The second-order valence-electron chi connectivity index (χ2n) is 4.30. The predicted molar refractivity (Wildman–Crippen MR) is 67.0 cm³/mol. The maximum Gasteiger partial charge on any atom is 0.340 e. The molecule has 0 fully saturated rings. The molecule has 2 aromatic heterocycles. The zero-order valence-electron chi connectivity index (χ0n) is 10.7. The number of aromatic nitrogens is 3. The van der Waals surface area contributed by atoms with Gasteiger partial charge in [-0.2, -0.15) is 5.10 Å². The molecule has 0 aliphatic carbocycles. The van der Waals surface area contributed by atoms with Crippen molar-refractivity contribution in [2.45, 2.75) is 13.5 Å². The van der Waals surface area contributed by atoms with Gasteiger partial charge in [0, 0.05) is 17.5 Å². The summed E-state index contributed by atoms with van der Waals surface area (Å²) in [5.41, 5.74) is 2.77. The van der Waals surface area contributed by atoms with Crippen LogP contribution in [0.1, 0.15) is 16.1 Å². The molecular formula is C13H13N3O3. The Morgan fingerprint density at radius 1 is 1.42 bits per heavy atom. The van der Waals surface area contributed by atoms with Crippen LogP contribution in [0.15, 0.2) is 18.5 Å². The number of methoxy groups -OCH3 is 1. The number of hydrogen-bond donors (Lipinski definition) is 0. The smallest absolute Gasteiger partial charge is 0.340 e. The van der Waals surface area contributed by atoms with Crippen LogP contribution in [0.5, 0.6) is 5.88 Å². The summed E-state index contributed by atoms with van der Waals surface area (Å²) in [5, 5.41) is 4.25. The summed E-state index contributed by atoms with van der Waals surface area (Å²) in [7, 11) is 1.35. The van der Waals surface area contributed by atoms with Crippen LogP contribution < -0.4 is 4.74 Å². The molecule has 3 heterocycles. The molecule has 2 aromatic rings. The first kappa shape index (κ1) is 11.7. The Hall–Kier alpha value is -2.37. The molecule has 19 heavy (non-hydrogen) atoms. The minimum absolute atomic E-state index is 0.416. The number of carbonyl (C=O) groups excluding carboxylic acids is 1. The molecule has 0 unspecified atom stereocenters. The van der Waals surface area contributed by atoms with Gasteiger partial charge >= 0.3 is 5.97 Å². The zero-order valence-corrected chi connectivity index (χ0v) is 10.7. The van der Waals surface area contributed by atoms with Crippen LogP contribution in [0.3, 0.4) is 0 Å². The lowest BCUT2D eigenvalue weighted by atomic mass is 10.0. The van der Waals surface area contributed by atoms with E-state index in [4.69, 9.17) is 9.47 Å². The highest BCUT2D eigenvalue weighted by Crippen LogP contribution is 2.34. The lowest BCUT2D eigenvalue weighted by Crippen LogP contribution is -2.05. The first-order chi connectivity index (χ1) is 9.20. The molecule has 0 spiro atoms. The molecule has 0 radical (unpaired) electrons. The van der Waals surface area contributed by atoms with E-state index in [0.29, 0.717) is 18.1 Å². The summed E-state index contributed by atoms with van der Waals surface area (Å²) in [6, 6.07) is 1.84. The van der Waals surface area contributed by atoms with Gasteiger partial charge in [0.15, 0.2) is 0 Å². The molecule has 0 saturated carbocycles. The third-order valence-corrected chi connectivity index (χ3v) is 3.07. The van der Waals surface area contributed by atoms with Gasteiger partial charge in [0.2, 0.25) is 5.88 Å². The number of fused-ring (bicyclic) bond motifs is 1. The molecule has 98 valence electrons. The van der Waals surface area contributed by atoms with Gasteiger partial charge in [-0.05, 0) is 13.0 Å². The number of nitrogens with zero attached hydrogens (tertiary/aromatic N) is 3. The van der Waals surface area contributed by atoms with Gasteiger partial charge in [-0.15, -0.1) is 0 Å². The SMILES string of the molecule is COC(=O)c1cnc(C)cc1-c1cnn2c1OCC2. The second-order valence-corrected chi connectivity index (χ2v) is 4.30. The van der Waals surface area contributed by atoms with Crippen LogP contribution in [0.25, 0.3) is 11.1 Å². The fourth-order valence-corrected chi connectivity index (χ4v) is 2.15. The van der Waals surface area contributed by atoms with Crippen molar-refractivity contribution in [2.24, 2.45) is 0 Å². The van der Waals surface area contributed by atoms with E-state index >= 15 is 0 Å². The normalized spacial score (nSPS) is 12.9.